The molecule has 0 fully saturated rings. The number of unbranched alkanes of at least 4 members (excludes halogenated alkanes) is 1. The summed E-state index contributed by atoms with van der Waals surface area (Å²) in [6.07, 6.45) is 2.47. The van der Waals surface area contributed by atoms with E-state index in [4.69, 9.17) is 10.5 Å². The Balaban J connectivity index is 2.53. The van der Waals surface area contributed by atoms with E-state index >= 15 is 0 Å². The summed E-state index contributed by atoms with van der Waals surface area (Å²) < 4.78 is 5.15. The molecule has 0 radical (unpaired) electrons. The topological polar surface area (TPSA) is 38.5 Å². The zero-order valence-electron chi connectivity index (χ0n) is 11.9. The maximum atomic E-state index is 6.25. The Labute approximate surface area is 111 Å². The molecule has 0 heterocycles. The molecule has 0 saturated heterocycles. The zero-order valence-corrected chi connectivity index (χ0v) is 11.9. The van der Waals surface area contributed by atoms with Crippen molar-refractivity contribution in [2.75, 3.05) is 26.7 Å². The summed E-state index contributed by atoms with van der Waals surface area (Å²) in [5.74, 6) is 0.879. The number of likely N-dealkylation sites (N-methyl/N-ethyl adjacent to an activating group) is 1. The van der Waals surface area contributed by atoms with Gasteiger partial charge in [0.05, 0.1) is 7.11 Å². The molecule has 0 amide bonds. The monoisotopic (exact) mass is 250 g/mol. The van der Waals surface area contributed by atoms with E-state index in [1.807, 2.05) is 12.1 Å². The maximum Gasteiger partial charge on any atom is 0.118 e. The summed E-state index contributed by atoms with van der Waals surface area (Å²) >= 11 is 0. The lowest BCUT2D eigenvalue weighted by atomic mass is 10.1. The van der Waals surface area contributed by atoms with Crippen molar-refractivity contribution >= 4 is 0 Å². The smallest absolute Gasteiger partial charge is 0.118 e. The van der Waals surface area contributed by atoms with Gasteiger partial charge < -0.3 is 15.4 Å². The van der Waals surface area contributed by atoms with Crippen molar-refractivity contribution in [1.29, 1.82) is 0 Å². The highest BCUT2D eigenvalue weighted by molar-refractivity contribution is 5.29. The number of hydrogen-bond acceptors (Lipinski definition) is 3. The molecule has 1 unspecified atom stereocenters. The summed E-state index contributed by atoms with van der Waals surface area (Å²) in [6, 6.07) is 8.12. The molecule has 0 aliphatic heterocycles. The van der Waals surface area contributed by atoms with Crippen LogP contribution in [0, 0.1) is 0 Å². The Morgan fingerprint density at radius 3 is 2.39 bits per heavy atom. The second-order valence-corrected chi connectivity index (χ2v) is 4.63. The Morgan fingerprint density at radius 2 is 1.89 bits per heavy atom. The predicted octanol–water partition coefficient (Wildman–Crippen LogP) is 2.82. The number of hydrogen-bond donors (Lipinski definition) is 1. The molecule has 1 aromatic carbocycles. The third kappa shape index (κ3) is 4.67. The third-order valence-corrected chi connectivity index (χ3v) is 3.27. The highest BCUT2D eigenvalue weighted by atomic mass is 16.5. The van der Waals surface area contributed by atoms with Gasteiger partial charge >= 0.3 is 0 Å². The van der Waals surface area contributed by atoms with Crippen LogP contribution in [0.3, 0.4) is 0 Å². The van der Waals surface area contributed by atoms with Crippen molar-refractivity contribution < 1.29 is 4.74 Å². The van der Waals surface area contributed by atoms with E-state index in [0.29, 0.717) is 0 Å². The van der Waals surface area contributed by atoms with E-state index < -0.39 is 0 Å². The number of benzene rings is 1. The van der Waals surface area contributed by atoms with Gasteiger partial charge in [-0.25, -0.2) is 0 Å². The van der Waals surface area contributed by atoms with Gasteiger partial charge in [0, 0.05) is 12.6 Å². The highest BCUT2D eigenvalue weighted by Crippen LogP contribution is 2.17. The van der Waals surface area contributed by atoms with Crippen LogP contribution in [-0.4, -0.2) is 31.6 Å². The number of methoxy groups -OCH3 is 1. The molecule has 3 heteroatoms. The van der Waals surface area contributed by atoms with E-state index in [-0.39, 0.29) is 6.04 Å². The lowest BCUT2D eigenvalue weighted by Gasteiger charge is -2.24. The lowest BCUT2D eigenvalue weighted by Crippen LogP contribution is -2.32. The minimum absolute atomic E-state index is 0.0766. The minimum atomic E-state index is 0.0766. The Morgan fingerprint density at radius 1 is 1.22 bits per heavy atom. The molecule has 1 atom stereocenters. The van der Waals surface area contributed by atoms with Crippen LogP contribution >= 0.6 is 0 Å². The van der Waals surface area contributed by atoms with Gasteiger partial charge in [0.1, 0.15) is 5.75 Å². The SMILES string of the molecule is CCCCN(CC)CC(N)c1ccc(OC)cc1. The zero-order chi connectivity index (χ0) is 13.4. The first-order chi connectivity index (χ1) is 8.71. The average Bonchev–Trinajstić information content (AvgIpc) is 2.43. The fourth-order valence-electron chi connectivity index (χ4n) is 1.99. The normalized spacial score (nSPS) is 12.7. The summed E-state index contributed by atoms with van der Waals surface area (Å²) in [5.41, 5.74) is 7.42. The average molecular weight is 250 g/mol. The van der Waals surface area contributed by atoms with Gasteiger partial charge in [-0.15, -0.1) is 0 Å². The first-order valence-electron chi connectivity index (χ1n) is 6.83. The molecule has 0 spiro atoms. The molecule has 1 aromatic rings. The van der Waals surface area contributed by atoms with Gasteiger partial charge in [-0.2, -0.15) is 0 Å². The molecule has 0 aliphatic rings. The Bertz CT molecular complexity index is 324. The quantitative estimate of drug-likeness (QED) is 0.771. The summed E-state index contributed by atoms with van der Waals surface area (Å²) in [7, 11) is 1.68. The van der Waals surface area contributed by atoms with Crippen molar-refractivity contribution in [3.05, 3.63) is 29.8 Å². The molecule has 2 N–H and O–H groups in total. The van der Waals surface area contributed by atoms with Gasteiger partial charge in [0.15, 0.2) is 0 Å². The highest BCUT2D eigenvalue weighted by Gasteiger charge is 2.10. The fraction of sp³-hybridized carbons (Fsp3) is 0.600. The van der Waals surface area contributed by atoms with Crippen LogP contribution in [0.4, 0.5) is 0 Å². The molecule has 0 bridgehead atoms. The molecule has 0 aliphatic carbocycles. The molecule has 0 saturated carbocycles. The second kappa shape index (κ2) is 8.11. The summed E-state index contributed by atoms with van der Waals surface area (Å²) in [4.78, 5) is 2.42. The molecule has 18 heavy (non-hydrogen) atoms. The van der Waals surface area contributed by atoms with Crippen molar-refractivity contribution in [2.45, 2.75) is 32.7 Å². The molecular weight excluding hydrogens is 224 g/mol. The standard InChI is InChI=1S/C15H26N2O/c1-4-6-11-17(5-2)12-15(16)13-7-9-14(18-3)10-8-13/h7-10,15H,4-6,11-12,16H2,1-3H3. The van der Waals surface area contributed by atoms with Crippen molar-refractivity contribution in [3.8, 4) is 5.75 Å². The van der Waals surface area contributed by atoms with Crippen LogP contribution < -0.4 is 10.5 Å². The van der Waals surface area contributed by atoms with Crippen molar-refractivity contribution in [1.82, 2.24) is 4.90 Å². The molecular formula is C15H26N2O. The van der Waals surface area contributed by atoms with Crippen LogP contribution in [0.25, 0.3) is 0 Å². The van der Waals surface area contributed by atoms with Gasteiger partial charge in [0.2, 0.25) is 0 Å². The molecule has 102 valence electrons. The Hall–Kier alpha value is -1.06. The van der Waals surface area contributed by atoms with Crippen LogP contribution in [0.15, 0.2) is 24.3 Å². The van der Waals surface area contributed by atoms with E-state index in [2.05, 4.69) is 30.9 Å². The van der Waals surface area contributed by atoms with Crippen molar-refractivity contribution in [3.63, 3.8) is 0 Å². The maximum absolute atomic E-state index is 6.25. The molecule has 1 rings (SSSR count). The second-order valence-electron chi connectivity index (χ2n) is 4.63. The minimum Gasteiger partial charge on any atom is -0.497 e. The first kappa shape index (κ1) is 15.0. The van der Waals surface area contributed by atoms with E-state index in [9.17, 15) is 0 Å². The number of nitrogens with zero attached hydrogens (tertiary/aromatic N) is 1. The summed E-state index contributed by atoms with van der Waals surface area (Å²) in [5, 5.41) is 0. The van der Waals surface area contributed by atoms with E-state index in [1.54, 1.807) is 7.11 Å². The van der Waals surface area contributed by atoms with Gasteiger partial charge in [0.25, 0.3) is 0 Å². The van der Waals surface area contributed by atoms with Crippen LogP contribution in [0.5, 0.6) is 5.75 Å². The van der Waals surface area contributed by atoms with Gasteiger partial charge in [-0.05, 0) is 37.2 Å². The van der Waals surface area contributed by atoms with Crippen LogP contribution in [-0.2, 0) is 0 Å². The lowest BCUT2D eigenvalue weighted by molar-refractivity contribution is 0.266. The van der Waals surface area contributed by atoms with E-state index in [0.717, 1.165) is 25.4 Å². The third-order valence-electron chi connectivity index (χ3n) is 3.27. The molecule has 3 nitrogen and oxygen atoms in total. The number of rotatable bonds is 8. The van der Waals surface area contributed by atoms with Gasteiger partial charge in [-0.1, -0.05) is 32.4 Å². The van der Waals surface area contributed by atoms with Crippen LogP contribution in [0.2, 0.25) is 0 Å². The molecule has 0 aromatic heterocycles. The fourth-order valence-corrected chi connectivity index (χ4v) is 1.99. The van der Waals surface area contributed by atoms with Crippen LogP contribution in [0.1, 0.15) is 38.3 Å². The Kier molecular flexibility index (Phi) is 6.76. The largest absolute Gasteiger partial charge is 0.497 e. The van der Waals surface area contributed by atoms with E-state index in [1.165, 1.54) is 18.4 Å². The summed E-state index contributed by atoms with van der Waals surface area (Å²) in [6.45, 7) is 7.52. The predicted molar refractivity (Wildman–Crippen MR) is 76.9 cm³/mol. The van der Waals surface area contributed by atoms with Crippen molar-refractivity contribution in [2.24, 2.45) is 5.73 Å². The number of nitrogens with two attached hydrogens (primary N) is 1. The van der Waals surface area contributed by atoms with Gasteiger partial charge in [-0.3, -0.25) is 0 Å². The first-order valence-corrected chi connectivity index (χ1v) is 6.83. The number of ether oxygens (including phenoxy) is 1.